The van der Waals surface area contributed by atoms with Crippen LogP contribution in [-0.2, 0) is 22.3 Å². The van der Waals surface area contributed by atoms with Crippen LogP contribution in [0, 0.1) is 12.7 Å². The quantitative estimate of drug-likeness (QED) is 0.467. The van der Waals surface area contributed by atoms with Crippen LogP contribution in [0.1, 0.15) is 36.5 Å². The second-order valence-corrected chi connectivity index (χ2v) is 7.25. The average Bonchev–Trinajstić information content (AvgIpc) is 2.67. The van der Waals surface area contributed by atoms with Crippen LogP contribution in [0.4, 0.5) is 23.2 Å². The van der Waals surface area contributed by atoms with E-state index in [0.717, 1.165) is 23.4 Å². The highest BCUT2D eigenvalue weighted by Gasteiger charge is 2.34. The van der Waals surface area contributed by atoms with Crippen LogP contribution in [0.3, 0.4) is 0 Å². The number of anilines is 1. The predicted molar refractivity (Wildman–Crippen MR) is 104 cm³/mol. The molecular weight excluding hydrogens is 402 g/mol. The Kier molecular flexibility index (Phi) is 6.53. The molecule has 0 aliphatic carbocycles. The number of nitrogens with zero attached hydrogens (tertiary/aromatic N) is 1. The van der Waals surface area contributed by atoms with Crippen LogP contribution in [0.25, 0.3) is 0 Å². The Labute approximate surface area is 172 Å². The zero-order chi connectivity index (χ0) is 21.9. The normalized spacial score (nSPS) is 16.1. The fourth-order valence-corrected chi connectivity index (χ4v) is 3.46. The van der Waals surface area contributed by atoms with Gasteiger partial charge in [-0.3, -0.25) is 4.79 Å². The van der Waals surface area contributed by atoms with E-state index in [1.165, 1.54) is 6.07 Å². The van der Waals surface area contributed by atoms with E-state index in [0.29, 0.717) is 30.9 Å². The number of halogens is 4. The molecule has 4 nitrogen and oxygen atoms in total. The minimum Gasteiger partial charge on any atom is -0.486 e. The van der Waals surface area contributed by atoms with Crippen LogP contribution >= 0.6 is 0 Å². The fraction of sp³-hybridized carbons (Fsp3) is 0.409. The first-order valence-electron chi connectivity index (χ1n) is 9.71. The lowest BCUT2D eigenvalue weighted by Gasteiger charge is -2.36. The lowest BCUT2D eigenvalue weighted by Crippen LogP contribution is -2.40. The van der Waals surface area contributed by atoms with Crippen LogP contribution in [0.5, 0.6) is 5.75 Å². The molecule has 0 fully saturated rings. The molecule has 30 heavy (non-hydrogen) atoms. The van der Waals surface area contributed by atoms with Crippen molar-refractivity contribution in [2.24, 2.45) is 0 Å². The number of carbonyl (C=O) groups excluding carboxylic acids is 1. The van der Waals surface area contributed by atoms with Crippen molar-refractivity contribution in [3.8, 4) is 5.75 Å². The van der Waals surface area contributed by atoms with Crippen LogP contribution in [0.15, 0.2) is 36.4 Å². The molecule has 0 unspecified atom stereocenters. The lowest BCUT2D eigenvalue weighted by molar-refractivity contribution is -0.143. The molecule has 0 amide bonds. The zero-order valence-corrected chi connectivity index (χ0v) is 16.8. The van der Waals surface area contributed by atoms with E-state index in [2.05, 4.69) is 0 Å². The maximum Gasteiger partial charge on any atom is 0.419 e. The van der Waals surface area contributed by atoms with Gasteiger partial charge in [-0.25, -0.2) is 4.39 Å². The van der Waals surface area contributed by atoms with E-state index in [1.807, 2.05) is 24.0 Å². The highest BCUT2D eigenvalue weighted by molar-refractivity contribution is 5.69. The first kappa shape index (κ1) is 21.9. The molecule has 1 aliphatic rings. The van der Waals surface area contributed by atoms with E-state index >= 15 is 0 Å². The van der Waals surface area contributed by atoms with Gasteiger partial charge < -0.3 is 14.4 Å². The Hall–Kier alpha value is -2.77. The van der Waals surface area contributed by atoms with Gasteiger partial charge >= 0.3 is 12.1 Å². The number of rotatable bonds is 6. The summed E-state index contributed by atoms with van der Waals surface area (Å²) in [5.41, 5.74) is 0.779. The Balaban J connectivity index is 1.83. The summed E-state index contributed by atoms with van der Waals surface area (Å²) in [6, 6.07) is 8.61. The Morgan fingerprint density at radius 1 is 1.23 bits per heavy atom. The van der Waals surface area contributed by atoms with Gasteiger partial charge in [-0.1, -0.05) is 12.1 Å². The Bertz CT molecular complexity index is 914. The first-order chi connectivity index (χ1) is 14.2. The summed E-state index contributed by atoms with van der Waals surface area (Å²) in [6.07, 6.45) is -4.49. The standard InChI is InChI=1S/C22H23F4NO3/c1-3-29-21(28)9-6-16-13-27(19-10-14(2)4-8-20(19)30-16)12-15-5-7-18(23)17(11-15)22(24,25)26/h4-5,7-8,10-11,16H,3,6,9,12-13H2,1-2H3/t16-/m0/s1. The summed E-state index contributed by atoms with van der Waals surface area (Å²) < 4.78 is 63.8. The van der Waals surface area contributed by atoms with Crippen LogP contribution in [0.2, 0.25) is 0 Å². The number of carbonyl (C=O) groups is 1. The number of ether oxygens (including phenoxy) is 2. The summed E-state index contributed by atoms with van der Waals surface area (Å²) in [4.78, 5) is 13.6. The van der Waals surface area contributed by atoms with E-state index in [1.54, 1.807) is 13.0 Å². The monoisotopic (exact) mass is 425 g/mol. The van der Waals surface area contributed by atoms with Crippen molar-refractivity contribution in [3.63, 3.8) is 0 Å². The summed E-state index contributed by atoms with van der Waals surface area (Å²) in [6.45, 7) is 4.47. The predicted octanol–water partition coefficient (Wildman–Crippen LogP) is 5.26. The van der Waals surface area contributed by atoms with Crippen molar-refractivity contribution in [1.82, 2.24) is 0 Å². The lowest BCUT2D eigenvalue weighted by atomic mass is 10.1. The third-order valence-electron chi connectivity index (χ3n) is 4.86. The number of hydrogen-bond acceptors (Lipinski definition) is 4. The van der Waals surface area contributed by atoms with Crippen LogP contribution in [-0.4, -0.2) is 25.2 Å². The van der Waals surface area contributed by atoms with Gasteiger partial charge in [0.1, 0.15) is 17.7 Å². The number of aryl methyl sites for hydroxylation is 1. The van der Waals surface area contributed by atoms with E-state index in [-0.39, 0.29) is 25.0 Å². The topological polar surface area (TPSA) is 38.8 Å². The molecule has 162 valence electrons. The summed E-state index contributed by atoms with van der Waals surface area (Å²) >= 11 is 0. The average molecular weight is 425 g/mol. The second kappa shape index (κ2) is 8.93. The number of fused-ring (bicyclic) bond motifs is 1. The summed E-state index contributed by atoms with van der Waals surface area (Å²) in [5.74, 6) is -1.02. The number of benzene rings is 2. The van der Waals surface area contributed by atoms with Gasteiger partial charge in [-0.2, -0.15) is 13.2 Å². The molecule has 0 saturated heterocycles. The number of esters is 1. The van der Waals surface area contributed by atoms with Crippen molar-refractivity contribution in [2.75, 3.05) is 18.1 Å². The molecule has 2 aromatic carbocycles. The number of alkyl halides is 3. The van der Waals surface area contributed by atoms with Gasteiger partial charge in [-0.15, -0.1) is 0 Å². The van der Waals surface area contributed by atoms with Gasteiger partial charge in [0, 0.05) is 13.0 Å². The fourth-order valence-electron chi connectivity index (χ4n) is 3.46. The third kappa shape index (κ3) is 5.23. The second-order valence-electron chi connectivity index (χ2n) is 7.25. The highest BCUT2D eigenvalue weighted by atomic mass is 19.4. The molecule has 3 rings (SSSR count). The molecule has 0 N–H and O–H groups in total. The van der Waals surface area contributed by atoms with E-state index < -0.39 is 17.6 Å². The van der Waals surface area contributed by atoms with Crippen molar-refractivity contribution < 1.29 is 31.8 Å². The van der Waals surface area contributed by atoms with Crippen molar-refractivity contribution in [3.05, 3.63) is 58.9 Å². The third-order valence-corrected chi connectivity index (χ3v) is 4.86. The molecule has 0 spiro atoms. The Morgan fingerprint density at radius 2 is 2.00 bits per heavy atom. The van der Waals surface area contributed by atoms with Gasteiger partial charge in [0.05, 0.1) is 24.4 Å². The maximum atomic E-state index is 13.6. The van der Waals surface area contributed by atoms with Gasteiger partial charge in [0.25, 0.3) is 0 Å². The molecule has 1 atom stereocenters. The van der Waals surface area contributed by atoms with Gasteiger partial charge in [0.15, 0.2) is 0 Å². The van der Waals surface area contributed by atoms with Crippen molar-refractivity contribution in [1.29, 1.82) is 0 Å². The van der Waals surface area contributed by atoms with Crippen LogP contribution < -0.4 is 9.64 Å². The van der Waals surface area contributed by atoms with E-state index in [9.17, 15) is 22.4 Å². The van der Waals surface area contributed by atoms with Gasteiger partial charge in [0.2, 0.25) is 0 Å². The molecular formula is C22H23F4NO3. The Morgan fingerprint density at radius 3 is 2.70 bits per heavy atom. The molecule has 8 heteroatoms. The molecule has 1 aliphatic heterocycles. The SMILES string of the molecule is CCOC(=O)CC[C@H]1CN(Cc2ccc(F)c(C(F)(F)F)c2)c2cc(C)ccc2O1. The summed E-state index contributed by atoms with van der Waals surface area (Å²) in [5, 5.41) is 0. The number of hydrogen-bond donors (Lipinski definition) is 0. The van der Waals surface area contributed by atoms with Gasteiger partial charge in [-0.05, 0) is 55.7 Å². The summed E-state index contributed by atoms with van der Waals surface area (Å²) in [7, 11) is 0. The molecule has 0 radical (unpaired) electrons. The van der Waals surface area contributed by atoms with Crippen molar-refractivity contribution >= 4 is 11.7 Å². The molecule has 0 aromatic heterocycles. The highest BCUT2D eigenvalue weighted by Crippen LogP contribution is 2.37. The van der Waals surface area contributed by atoms with E-state index in [4.69, 9.17) is 9.47 Å². The smallest absolute Gasteiger partial charge is 0.419 e. The zero-order valence-electron chi connectivity index (χ0n) is 16.8. The molecule has 0 bridgehead atoms. The molecule has 2 aromatic rings. The maximum absolute atomic E-state index is 13.6. The minimum atomic E-state index is -4.76. The van der Waals surface area contributed by atoms with Crippen molar-refractivity contribution in [2.45, 2.75) is 45.5 Å². The molecule has 1 heterocycles. The first-order valence-corrected chi connectivity index (χ1v) is 9.71. The largest absolute Gasteiger partial charge is 0.486 e. The molecule has 0 saturated carbocycles. The minimum absolute atomic E-state index is 0.152.